The van der Waals surface area contributed by atoms with Crippen molar-refractivity contribution in [2.45, 2.75) is 32.6 Å². The number of aryl methyl sites for hydroxylation is 1. The van der Waals surface area contributed by atoms with Gasteiger partial charge in [0.2, 0.25) is 0 Å². The Balaban J connectivity index is 2.68. The second-order valence-corrected chi connectivity index (χ2v) is 4.75. The number of aromatic carboxylic acids is 1. The van der Waals surface area contributed by atoms with Gasteiger partial charge in [0, 0.05) is 11.3 Å². The Labute approximate surface area is 105 Å². The third kappa shape index (κ3) is 4.12. The number of carboxylic acids is 1. The zero-order valence-electron chi connectivity index (χ0n) is 9.86. The van der Waals surface area contributed by atoms with Crippen LogP contribution in [0.25, 0.3) is 0 Å². The highest BCUT2D eigenvalue weighted by Gasteiger charge is 2.16. The van der Waals surface area contributed by atoms with E-state index in [1.165, 1.54) is 11.3 Å². The van der Waals surface area contributed by atoms with E-state index in [-0.39, 0.29) is 4.88 Å². The lowest BCUT2D eigenvalue weighted by Gasteiger charge is -2.03. The predicted octanol–water partition coefficient (Wildman–Crippen LogP) is 3.19. The van der Waals surface area contributed by atoms with Crippen LogP contribution in [0.5, 0.6) is 5.75 Å². The van der Waals surface area contributed by atoms with E-state index in [1.807, 2.05) is 6.07 Å². The lowest BCUT2D eigenvalue weighted by Crippen LogP contribution is -2.01. The minimum Gasteiger partial charge on any atom is -0.492 e. The normalized spacial score (nSPS) is 9.88. The Kier molecular flexibility index (Phi) is 5.58. The van der Waals surface area contributed by atoms with Crippen molar-refractivity contribution in [1.29, 1.82) is 0 Å². The van der Waals surface area contributed by atoms with Gasteiger partial charge in [-0.3, -0.25) is 0 Å². The van der Waals surface area contributed by atoms with E-state index in [0.29, 0.717) is 18.8 Å². The minimum atomic E-state index is -0.927. The Morgan fingerprint density at radius 1 is 1.65 bits per heavy atom. The number of unbranched alkanes of at least 4 members (excludes halogenated alkanes) is 1. The van der Waals surface area contributed by atoms with Crippen molar-refractivity contribution >= 4 is 17.3 Å². The molecule has 0 atom stereocenters. The summed E-state index contributed by atoms with van der Waals surface area (Å²) < 4.78 is 5.46. The van der Waals surface area contributed by atoms with Crippen LogP contribution < -0.4 is 4.74 Å². The van der Waals surface area contributed by atoms with Gasteiger partial charge in [0.25, 0.3) is 0 Å². The summed E-state index contributed by atoms with van der Waals surface area (Å²) in [6.07, 6.45) is 8.41. The smallest absolute Gasteiger partial charge is 0.349 e. The maximum Gasteiger partial charge on any atom is 0.349 e. The van der Waals surface area contributed by atoms with Crippen molar-refractivity contribution in [2.24, 2.45) is 0 Å². The number of terminal acetylenes is 1. The molecule has 0 radical (unpaired) electrons. The van der Waals surface area contributed by atoms with E-state index >= 15 is 0 Å². The van der Waals surface area contributed by atoms with Crippen LogP contribution in [0, 0.1) is 12.3 Å². The molecule has 17 heavy (non-hydrogen) atoms. The number of ether oxygens (including phenoxy) is 1. The number of carboxylic acid groups (broad SMARTS) is 1. The molecule has 0 aliphatic rings. The minimum absolute atomic E-state index is 0.286. The van der Waals surface area contributed by atoms with E-state index < -0.39 is 5.97 Å². The Hall–Kier alpha value is -1.47. The summed E-state index contributed by atoms with van der Waals surface area (Å²) in [6.45, 7) is 2.53. The molecule has 0 aromatic carbocycles. The van der Waals surface area contributed by atoms with E-state index in [4.69, 9.17) is 16.3 Å². The molecule has 0 unspecified atom stereocenters. The molecular formula is C13H16O3S. The first-order chi connectivity index (χ1) is 8.19. The molecule has 0 saturated carbocycles. The topological polar surface area (TPSA) is 46.5 Å². The molecular weight excluding hydrogens is 236 g/mol. The van der Waals surface area contributed by atoms with Gasteiger partial charge in [0.05, 0.1) is 6.61 Å². The Morgan fingerprint density at radius 2 is 2.41 bits per heavy atom. The highest BCUT2D eigenvalue weighted by molar-refractivity contribution is 7.14. The zero-order chi connectivity index (χ0) is 12.7. The van der Waals surface area contributed by atoms with Crippen molar-refractivity contribution in [1.82, 2.24) is 0 Å². The van der Waals surface area contributed by atoms with Crippen molar-refractivity contribution < 1.29 is 14.6 Å². The molecule has 92 valence electrons. The average molecular weight is 252 g/mol. The van der Waals surface area contributed by atoms with E-state index in [1.54, 1.807) is 0 Å². The van der Waals surface area contributed by atoms with Gasteiger partial charge < -0.3 is 9.84 Å². The Bertz CT molecular complexity index is 415. The molecule has 0 aliphatic heterocycles. The second-order valence-electron chi connectivity index (χ2n) is 3.62. The summed E-state index contributed by atoms with van der Waals surface area (Å²) in [5.74, 6) is 2.07. The zero-order valence-corrected chi connectivity index (χ0v) is 10.7. The number of rotatable bonds is 7. The standard InChI is InChI=1S/C13H16O3S/c1-3-5-6-8-16-11-9-10(7-4-2)17-12(11)13(14)15/h1,9H,4-8H2,2H3,(H,14,15). The molecule has 3 nitrogen and oxygen atoms in total. The van der Waals surface area contributed by atoms with Crippen LogP contribution >= 0.6 is 11.3 Å². The van der Waals surface area contributed by atoms with E-state index in [9.17, 15) is 4.79 Å². The maximum absolute atomic E-state index is 11.0. The number of hydrogen-bond donors (Lipinski definition) is 1. The lowest BCUT2D eigenvalue weighted by atomic mass is 10.3. The van der Waals surface area contributed by atoms with Crippen LogP contribution in [0.2, 0.25) is 0 Å². The van der Waals surface area contributed by atoms with Crippen LogP contribution in [0.1, 0.15) is 40.7 Å². The first-order valence-electron chi connectivity index (χ1n) is 5.61. The van der Waals surface area contributed by atoms with Crippen LogP contribution in [0.15, 0.2) is 6.07 Å². The third-order valence-electron chi connectivity index (χ3n) is 2.16. The molecule has 0 amide bonds. The van der Waals surface area contributed by atoms with E-state index in [2.05, 4.69) is 12.8 Å². The lowest BCUT2D eigenvalue weighted by molar-refractivity contribution is 0.0698. The molecule has 1 rings (SSSR count). The van der Waals surface area contributed by atoms with Crippen molar-refractivity contribution in [3.05, 3.63) is 15.8 Å². The first-order valence-corrected chi connectivity index (χ1v) is 6.43. The molecule has 1 heterocycles. The third-order valence-corrected chi connectivity index (χ3v) is 3.33. The van der Waals surface area contributed by atoms with E-state index in [0.717, 1.165) is 24.1 Å². The summed E-state index contributed by atoms with van der Waals surface area (Å²) in [7, 11) is 0. The molecule has 0 aliphatic carbocycles. The largest absolute Gasteiger partial charge is 0.492 e. The molecule has 1 aromatic heterocycles. The van der Waals surface area contributed by atoms with Crippen LogP contribution in [0.4, 0.5) is 0 Å². The Morgan fingerprint density at radius 3 is 3.00 bits per heavy atom. The van der Waals surface area contributed by atoms with Gasteiger partial charge in [-0.25, -0.2) is 4.79 Å². The highest BCUT2D eigenvalue weighted by Crippen LogP contribution is 2.30. The highest BCUT2D eigenvalue weighted by atomic mass is 32.1. The summed E-state index contributed by atoms with van der Waals surface area (Å²) >= 11 is 1.29. The summed E-state index contributed by atoms with van der Waals surface area (Å²) in [5, 5.41) is 9.05. The van der Waals surface area contributed by atoms with Gasteiger partial charge in [-0.1, -0.05) is 13.3 Å². The molecule has 0 saturated heterocycles. The quantitative estimate of drug-likeness (QED) is 0.599. The van der Waals surface area contributed by atoms with Gasteiger partial charge in [0.15, 0.2) is 4.88 Å². The molecule has 1 N–H and O–H groups in total. The van der Waals surface area contributed by atoms with Crippen LogP contribution in [-0.4, -0.2) is 17.7 Å². The molecule has 0 fully saturated rings. The fraction of sp³-hybridized carbons (Fsp3) is 0.462. The van der Waals surface area contributed by atoms with Crippen LogP contribution in [-0.2, 0) is 6.42 Å². The van der Waals surface area contributed by atoms with Crippen molar-refractivity contribution in [3.63, 3.8) is 0 Å². The average Bonchev–Trinajstić information content (AvgIpc) is 2.68. The van der Waals surface area contributed by atoms with Gasteiger partial charge in [0.1, 0.15) is 5.75 Å². The van der Waals surface area contributed by atoms with Gasteiger partial charge in [-0.15, -0.1) is 23.7 Å². The van der Waals surface area contributed by atoms with Crippen LogP contribution in [0.3, 0.4) is 0 Å². The van der Waals surface area contributed by atoms with Gasteiger partial charge >= 0.3 is 5.97 Å². The number of hydrogen-bond acceptors (Lipinski definition) is 3. The van der Waals surface area contributed by atoms with Crippen molar-refractivity contribution in [2.75, 3.05) is 6.61 Å². The first kappa shape index (κ1) is 13.6. The molecule has 1 aromatic rings. The van der Waals surface area contributed by atoms with Gasteiger partial charge in [-0.2, -0.15) is 0 Å². The molecule has 4 heteroatoms. The fourth-order valence-electron chi connectivity index (χ4n) is 1.40. The molecule has 0 bridgehead atoms. The maximum atomic E-state index is 11.0. The predicted molar refractivity (Wildman–Crippen MR) is 68.8 cm³/mol. The summed E-state index contributed by atoms with van der Waals surface area (Å²) in [4.78, 5) is 12.4. The number of carbonyl (C=O) groups is 1. The SMILES string of the molecule is C#CCCCOc1cc(CCC)sc1C(=O)O. The van der Waals surface area contributed by atoms with Gasteiger partial charge in [-0.05, 0) is 18.9 Å². The monoisotopic (exact) mass is 252 g/mol. The van der Waals surface area contributed by atoms with Crippen molar-refractivity contribution in [3.8, 4) is 18.1 Å². The summed E-state index contributed by atoms with van der Waals surface area (Å²) in [5.41, 5.74) is 0. The number of thiophene rings is 1. The second kappa shape index (κ2) is 6.97. The summed E-state index contributed by atoms with van der Waals surface area (Å²) in [6, 6.07) is 1.83. The molecule has 0 spiro atoms. The fourth-order valence-corrected chi connectivity index (χ4v) is 2.44.